The lowest BCUT2D eigenvalue weighted by molar-refractivity contribution is 0.414. The molecule has 0 unspecified atom stereocenters. The molecule has 0 fully saturated rings. The van der Waals surface area contributed by atoms with Crippen LogP contribution in [0.3, 0.4) is 0 Å². The van der Waals surface area contributed by atoms with Crippen molar-refractivity contribution in [3.8, 4) is 17.2 Å². The normalized spacial score (nSPS) is 11.0. The monoisotopic (exact) mass is 258 g/mol. The lowest BCUT2D eigenvalue weighted by atomic mass is 10.1. The van der Waals surface area contributed by atoms with Gasteiger partial charge < -0.3 is 19.4 Å². The van der Waals surface area contributed by atoms with Gasteiger partial charge in [0.1, 0.15) is 17.1 Å². The Kier molecular flexibility index (Phi) is 2.35. The van der Waals surface area contributed by atoms with E-state index in [0.717, 1.165) is 6.07 Å². The Labute approximate surface area is 107 Å². The van der Waals surface area contributed by atoms with Crippen LogP contribution in [0.1, 0.15) is 0 Å². The van der Waals surface area contributed by atoms with E-state index in [9.17, 15) is 15.0 Å². The maximum Gasteiger partial charge on any atom is 0.200 e. The molecule has 0 aliphatic carbocycles. The Morgan fingerprint density at radius 1 is 1.11 bits per heavy atom. The summed E-state index contributed by atoms with van der Waals surface area (Å²) >= 11 is 0. The van der Waals surface area contributed by atoms with Crippen LogP contribution in [0.15, 0.2) is 39.5 Å². The van der Waals surface area contributed by atoms with Crippen LogP contribution in [0.4, 0.5) is 0 Å². The molecule has 0 atom stereocenters. The van der Waals surface area contributed by atoms with Crippen molar-refractivity contribution in [2.45, 2.75) is 0 Å². The first-order chi connectivity index (χ1) is 9.10. The van der Waals surface area contributed by atoms with Crippen LogP contribution < -0.4 is 10.2 Å². The molecule has 1 heterocycles. The fraction of sp³-hybridized carbons (Fsp3) is 0.0714. The van der Waals surface area contributed by atoms with E-state index in [0.29, 0.717) is 16.7 Å². The maximum atomic E-state index is 12.3. The second-order valence-electron chi connectivity index (χ2n) is 4.13. The van der Waals surface area contributed by atoms with Crippen molar-refractivity contribution in [3.63, 3.8) is 0 Å². The summed E-state index contributed by atoms with van der Waals surface area (Å²) in [6, 6.07) is 7.19. The molecule has 0 aliphatic heterocycles. The summed E-state index contributed by atoms with van der Waals surface area (Å²) in [6.45, 7) is 0. The molecule has 19 heavy (non-hydrogen) atoms. The quantitative estimate of drug-likeness (QED) is 0.655. The molecule has 5 nitrogen and oxygen atoms in total. The third-order valence-corrected chi connectivity index (χ3v) is 2.94. The van der Waals surface area contributed by atoms with Gasteiger partial charge in [-0.1, -0.05) is 0 Å². The van der Waals surface area contributed by atoms with Gasteiger partial charge in [0, 0.05) is 12.1 Å². The molecule has 0 saturated carbocycles. The summed E-state index contributed by atoms with van der Waals surface area (Å²) < 4.78 is 10.6. The first-order valence-corrected chi connectivity index (χ1v) is 5.56. The SMILES string of the molecule is COc1ccc2c(=O)c3cc(O)cc(O)c3oc2c1. The number of phenols is 2. The van der Waals surface area contributed by atoms with Gasteiger partial charge in [0.2, 0.25) is 5.43 Å². The van der Waals surface area contributed by atoms with Crippen molar-refractivity contribution in [1.29, 1.82) is 0 Å². The number of methoxy groups -OCH3 is 1. The first kappa shape index (κ1) is 11.4. The minimum absolute atomic E-state index is 0.0450. The summed E-state index contributed by atoms with van der Waals surface area (Å²) in [7, 11) is 1.51. The highest BCUT2D eigenvalue weighted by Gasteiger charge is 2.12. The minimum Gasteiger partial charge on any atom is -0.508 e. The summed E-state index contributed by atoms with van der Waals surface area (Å²) in [5, 5.41) is 19.7. The molecule has 0 bridgehead atoms. The van der Waals surface area contributed by atoms with E-state index in [1.54, 1.807) is 18.2 Å². The van der Waals surface area contributed by atoms with Crippen LogP contribution in [0.5, 0.6) is 17.2 Å². The molecule has 0 amide bonds. The van der Waals surface area contributed by atoms with Gasteiger partial charge in [-0.25, -0.2) is 0 Å². The van der Waals surface area contributed by atoms with Gasteiger partial charge in [-0.05, 0) is 18.2 Å². The van der Waals surface area contributed by atoms with Gasteiger partial charge in [-0.2, -0.15) is 0 Å². The maximum absolute atomic E-state index is 12.3. The van der Waals surface area contributed by atoms with Gasteiger partial charge in [0.15, 0.2) is 11.3 Å². The molecule has 1 aromatic heterocycles. The van der Waals surface area contributed by atoms with Crippen molar-refractivity contribution < 1.29 is 19.4 Å². The average molecular weight is 258 g/mol. The Bertz CT molecular complexity index is 848. The van der Waals surface area contributed by atoms with Crippen molar-refractivity contribution in [1.82, 2.24) is 0 Å². The standard InChI is InChI=1S/C14H10O5/c1-18-8-2-3-9-12(6-8)19-14-10(13(9)17)4-7(15)5-11(14)16/h2-6,15-16H,1H3. The van der Waals surface area contributed by atoms with Crippen LogP contribution in [-0.4, -0.2) is 17.3 Å². The number of benzene rings is 2. The van der Waals surface area contributed by atoms with E-state index in [4.69, 9.17) is 9.15 Å². The Morgan fingerprint density at radius 2 is 1.89 bits per heavy atom. The molecule has 0 radical (unpaired) electrons. The number of hydrogen-bond donors (Lipinski definition) is 2. The van der Waals surface area contributed by atoms with Gasteiger partial charge in [-0.15, -0.1) is 0 Å². The number of rotatable bonds is 1. The van der Waals surface area contributed by atoms with Crippen LogP contribution in [0, 0.1) is 0 Å². The second kappa shape index (κ2) is 3.91. The van der Waals surface area contributed by atoms with Crippen LogP contribution in [0.2, 0.25) is 0 Å². The van der Waals surface area contributed by atoms with Gasteiger partial charge in [-0.3, -0.25) is 4.79 Å². The molecular formula is C14H10O5. The average Bonchev–Trinajstić information content (AvgIpc) is 2.40. The third kappa shape index (κ3) is 1.67. The van der Waals surface area contributed by atoms with Gasteiger partial charge in [0.05, 0.1) is 17.9 Å². The Balaban J connectivity index is 2.52. The van der Waals surface area contributed by atoms with Crippen LogP contribution >= 0.6 is 0 Å². The Hall–Kier alpha value is -2.69. The smallest absolute Gasteiger partial charge is 0.200 e. The summed E-state index contributed by atoms with van der Waals surface area (Å²) in [6.07, 6.45) is 0. The van der Waals surface area contributed by atoms with Crippen molar-refractivity contribution >= 4 is 21.9 Å². The number of hydrogen-bond acceptors (Lipinski definition) is 5. The third-order valence-electron chi connectivity index (χ3n) is 2.94. The fourth-order valence-corrected chi connectivity index (χ4v) is 2.03. The highest BCUT2D eigenvalue weighted by Crippen LogP contribution is 2.31. The first-order valence-electron chi connectivity index (χ1n) is 5.56. The predicted molar refractivity (Wildman–Crippen MR) is 69.9 cm³/mol. The number of ether oxygens (including phenoxy) is 1. The van der Waals surface area contributed by atoms with E-state index in [1.165, 1.54) is 13.2 Å². The number of fused-ring (bicyclic) bond motifs is 2. The zero-order valence-electron chi connectivity index (χ0n) is 10.0. The topological polar surface area (TPSA) is 79.9 Å². The second-order valence-corrected chi connectivity index (χ2v) is 4.13. The van der Waals surface area contributed by atoms with Gasteiger partial charge in [0.25, 0.3) is 0 Å². The summed E-state index contributed by atoms with van der Waals surface area (Å²) in [4.78, 5) is 12.3. The largest absolute Gasteiger partial charge is 0.508 e. The molecule has 2 N–H and O–H groups in total. The molecular weight excluding hydrogens is 248 g/mol. The highest BCUT2D eigenvalue weighted by atomic mass is 16.5. The van der Waals surface area contributed by atoms with Crippen LogP contribution in [0.25, 0.3) is 21.9 Å². The van der Waals surface area contributed by atoms with E-state index in [1.807, 2.05) is 0 Å². The van der Waals surface area contributed by atoms with Crippen LogP contribution in [-0.2, 0) is 0 Å². The molecule has 2 aromatic carbocycles. The molecule has 96 valence electrons. The predicted octanol–water partition coefficient (Wildman–Crippen LogP) is 2.37. The summed E-state index contributed by atoms with van der Waals surface area (Å²) in [5.74, 6) is 0.0789. The van der Waals surface area contributed by atoms with E-state index in [-0.39, 0.29) is 27.9 Å². The molecule has 3 rings (SSSR count). The lowest BCUT2D eigenvalue weighted by Gasteiger charge is -2.05. The van der Waals surface area contributed by atoms with E-state index in [2.05, 4.69) is 0 Å². The fourth-order valence-electron chi connectivity index (χ4n) is 2.03. The zero-order valence-corrected chi connectivity index (χ0v) is 10.0. The van der Waals surface area contributed by atoms with E-state index < -0.39 is 0 Å². The zero-order chi connectivity index (χ0) is 13.6. The van der Waals surface area contributed by atoms with Gasteiger partial charge >= 0.3 is 0 Å². The van der Waals surface area contributed by atoms with Crippen molar-refractivity contribution in [2.75, 3.05) is 7.11 Å². The highest BCUT2D eigenvalue weighted by molar-refractivity contribution is 5.93. The molecule has 0 saturated heterocycles. The Morgan fingerprint density at radius 3 is 2.63 bits per heavy atom. The van der Waals surface area contributed by atoms with E-state index >= 15 is 0 Å². The number of phenolic OH excluding ortho intramolecular Hbond substituents is 2. The molecule has 5 heteroatoms. The number of aromatic hydroxyl groups is 2. The molecule has 3 aromatic rings. The minimum atomic E-state index is -0.315. The van der Waals surface area contributed by atoms with Crippen molar-refractivity contribution in [2.24, 2.45) is 0 Å². The lowest BCUT2D eigenvalue weighted by Crippen LogP contribution is -2.02. The van der Waals surface area contributed by atoms with Crippen molar-refractivity contribution in [3.05, 3.63) is 40.6 Å². The molecule has 0 spiro atoms. The summed E-state index contributed by atoms with van der Waals surface area (Å²) in [5.41, 5.74) is 0.0477. The molecule has 0 aliphatic rings.